The van der Waals surface area contributed by atoms with E-state index < -0.39 is 11.2 Å². The summed E-state index contributed by atoms with van der Waals surface area (Å²) in [6, 6.07) is 7.05. The summed E-state index contributed by atoms with van der Waals surface area (Å²) in [6.07, 6.45) is 6.41. The Morgan fingerprint density at radius 2 is 2.24 bits per heavy atom. The molecule has 2 rings (SSSR count). The molecule has 0 aliphatic carbocycles. The van der Waals surface area contributed by atoms with Crippen molar-refractivity contribution in [2.24, 2.45) is 0 Å². The van der Waals surface area contributed by atoms with E-state index >= 15 is 0 Å². The largest absolute Gasteiger partial charge is 0.502 e. The minimum Gasteiger partial charge on any atom is -0.502 e. The van der Waals surface area contributed by atoms with Crippen molar-refractivity contribution < 1.29 is 9.52 Å². The van der Waals surface area contributed by atoms with Crippen LogP contribution in [0.25, 0.3) is 0 Å². The molecule has 1 N–H and O–H groups in total. The first-order valence-electron chi connectivity index (χ1n) is 6.47. The molecule has 0 unspecified atom stereocenters. The maximum Gasteiger partial charge on any atom is 0.226 e. The van der Waals surface area contributed by atoms with Gasteiger partial charge < -0.3 is 9.52 Å². The highest BCUT2D eigenvalue weighted by Gasteiger charge is 2.10. The number of nitrogens with zero attached hydrogens (tertiary/aromatic N) is 2. The van der Waals surface area contributed by atoms with E-state index in [4.69, 9.17) is 10.8 Å². The van der Waals surface area contributed by atoms with Crippen molar-refractivity contribution >= 4 is 0 Å². The number of aromatic hydroxyl groups is 1. The maximum absolute atomic E-state index is 11.4. The monoisotopic (exact) mass is 284 g/mol. The summed E-state index contributed by atoms with van der Waals surface area (Å²) < 4.78 is 5.20. The summed E-state index contributed by atoms with van der Waals surface area (Å²) in [4.78, 5) is 17.8. The summed E-state index contributed by atoms with van der Waals surface area (Å²) in [7, 11) is 0. The molecule has 0 radical (unpaired) electrons. The summed E-state index contributed by atoms with van der Waals surface area (Å²) in [6.45, 7) is 3.25. The molecule has 0 aliphatic rings. The van der Waals surface area contributed by atoms with Crippen molar-refractivity contribution in [3.05, 3.63) is 57.9 Å². The van der Waals surface area contributed by atoms with E-state index in [1.165, 1.54) is 6.07 Å². The third-order valence-electron chi connectivity index (χ3n) is 2.89. The predicted molar refractivity (Wildman–Crippen MR) is 78.6 cm³/mol. The minimum absolute atomic E-state index is 0.370. The fraction of sp³-hybridized carbons (Fsp3) is 0.250. The van der Waals surface area contributed by atoms with Crippen molar-refractivity contribution in [3.63, 3.8) is 0 Å². The van der Waals surface area contributed by atoms with Gasteiger partial charge in [0.25, 0.3) is 0 Å². The SMILES string of the molecule is C#CCN(Cc1cccc(C)n1)Cc1cc(=O)c(O)co1. The second-order valence-electron chi connectivity index (χ2n) is 4.72. The van der Waals surface area contributed by atoms with E-state index in [0.29, 0.717) is 25.4 Å². The Bertz CT molecular complexity index is 716. The Hall–Kier alpha value is -2.58. The minimum atomic E-state index is -0.467. The highest BCUT2D eigenvalue weighted by molar-refractivity contribution is 5.16. The number of rotatable bonds is 5. The van der Waals surface area contributed by atoms with Gasteiger partial charge in [0.05, 0.1) is 18.8 Å². The lowest BCUT2D eigenvalue weighted by molar-refractivity contribution is 0.256. The number of pyridine rings is 1. The van der Waals surface area contributed by atoms with Gasteiger partial charge >= 0.3 is 0 Å². The van der Waals surface area contributed by atoms with Crippen LogP contribution in [0.2, 0.25) is 0 Å². The standard InChI is InChI=1S/C16H16N2O3/c1-3-7-18(9-13-6-4-5-12(2)17-13)10-14-8-15(19)16(20)11-21-14/h1,4-6,8,11,20H,7,9-10H2,2H3. The van der Waals surface area contributed by atoms with Gasteiger partial charge in [-0.05, 0) is 19.1 Å². The molecular weight excluding hydrogens is 268 g/mol. The second kappa shape index (κ2) is 6.73. The lowest BCUT2D eigenvalue weighted by Gasteiger charge is -2.18. The third-order valence-corrected chi connectivity index (χ3v) is 2.89. The van der Waals surface area contributed by atoms with Gasteiger partial charge in [-0.1, -0.05) is 12.0 Å². The molecule has 0 aromatic carbocycles. The number of hydrogen-bond acceptors (Lipinski definition) is 5. The second-order valence-corrected chi connectivity index (χ2v) is 4.72. The van der Waals surface area contributed by atoms with Crippen LogP contribution in [0.3, 0.4) is 0 Å². The zero-order chi connectivity index (χ0) is 15.2. The molecule has 5 nitrogen and oxygen atoms in total. The van der Waals surface area contributed by atoms with Gasteiger partial charge in [-0.15, -0.1) is 6.42 Å². The van der Waals surface area contributed by atoms with E-state index in [-0.39, 0.29) is 0 Å². The Morgan fingerprint density at radius 3 is 2.90 bits per heavy atom. The van der Waals surface area contributed by atoms with Crippen LogP contribution in [0.15, 0.2) is 39.7 Å². The Balaban J connectivity index is 2.13. The average molecular weight is 284 g/mol. The number of hydrogen-bond donors (Lipinski definition) is 1. The molecule has 0 saturated carbocycles. The molecule has 5 heteroatoms. The summed E-state index contributed by atoms with van der Waals surface area (Å²) in [5.74, 6) is 2.62. The van der Waals surface area contributed by atoms with Crippen molar-refractivity contribution in [2.45, 2.75) is 20.0 Å². The highest BCUT2D eigenvalue weighted by Crippen LogP contribution is 2.10. The first-order valence-corrected chi connectivity index (χ1v) is 6.47. The predicted octanol–water partition coefficient (Wildman–Crippen LogP) is 1.68. The van der Waals surface area contributed by atoms with Crippen LogP contribution >= 0.6 is 0 Å². The molecule has 2 aromatic rings. The van der Waals surface area contributed by atoms with Crippen LogP contribution in [-0.2, 0) is 13.1 Å². The van der Waals surface area contributed by atoms with Crippen molar-refractivity contribution in [2.75, 3.05) is 6.54 Å². The average Bonchev–Trinajstić information content (AvgIpc) is 2.43. The Labute approximate surface area is 122 Å². The first kappa shape index (κ1) is 14.8. The van der Waals surface area contributed by atoms with Gasteiger partial charge in [-0.25, -0.2) is 0 Å². The van der Waals surface area contributed by atoms with E-state index in [0.717, 1.165) is 17.7 Å². The molecule has 0 bridgehead atoms. The highest BCUT2D eigenvalue weighted by atomic mass is 16.4. The summed E-state index contributed by atoms with van der Waals surface area (Å²) in [5, 5.41) is 9.18. The Kier molecular flexibility index (Phi) is 4.75. The van der Waals surface area contributed by atoms with Crippen LogP contribution in [0.1, 0.15) is 17.1 Å². The van der Waals surface area contributed by atoms with Gasteiger partial charge in [0.15, 0.2) is 5.75 Å². The molecule has 0 amide bonds. The van der Waals surface area contributed by atoms with E-state index in [1.54, 1.807) is 0 Å². The van der Waals surface area contributed by atoms with Crippen molar-refractivity contribution in [3.8, 4) is 18.1 Å². The fourth-order valence-corrected chi connectivity index (χ4v) is 1.96. The normalized spacial score (nSPS) is 10.5. The van der Waals surface area contributed by atoms with Crippen LogP contribution < -0.4 is 5.43 Å². The molecule has 0 saturated heterocycles. The summed E-state index contributed by atoms with van der Waals surface area (Å²) in [5.41, 5.74) is 1.36. The lowest BCUT2D eigenvalue weighted by Crippen LogP contribution is -2.24. The molecule has 0 fully saturated rings. The molecule has 0 atom stereocenters. The molecule has 2 heterocycles. The van der Waals surface area contributed by atoms with Gasteiger partial charge in [-0.2, -0.15) is 0 Å². The van der Waals surface area contributed by atoms with Gasteiger partial charge in [0.1, 0.15) is 12.0 Å². The maximum atomic E-state index is 11.4. The molecule has 21 heavy (non-hydrogen) atoms. The van der Waals surface area contributed by atoms with Crippen molar-refractivity contribution in [1.29, 1.82) is 0 Å². The van der Waals surface area contributed by atoms with Gasteiger partial charge in [-0.3, -0.25) is 14.7 Å². The molecule has 2 aromatic heterocycles. The zero-order valence-corrected chi connectivity index (χ0v) is 11.7. The molecular formula is C16H16N2O3. The topological polar surface area (TPSA) is 66.6 Å². The number of aryl methyl sites for hydroxylation is 1. The van der Waals surface area contributed by atoms with E-state index in [2.05, 4.69) is 10.9 Å². The molecule has 0 aliphatic heterocycles. The Morgan fingerprint density at radius 1 is 1.43 bits per heavy atom. The van der Waals surface area contributed by atoms with Crippen LogP contribution in [-0.4, -0.2) is 21.5 Å². The smallest absolute Gasteiger partial charge is 0.226 e. The number of terminal acetylenes is 1. The van der Waals surface area contributed by atoms with E-state index in [9.17, 15) is 9.90 Å². The molecule has 0 spiro atoms. The van der Waals surface area contributed by atoms with E-state index in [1.807, 2.05) is 30.0 Å². The van der Waals surface area contributed by atoms with Crippen LogP contribution in [0, 0.1) is 19.3 Å². The van der Waals surface area contributed by atoms with Gasteiger partial charge in [0, 0.05) is 18.3 Å². The molecule has 108 valence electrons. The van der Waals surface area contributed by atoms with Crippen LogP contribution in [0.5, 0.6) is 5.75 Å². The lowest BCUT2D eigenvalue weighted by atomic mass is 10.2. The third kappa shape index (κ3) is 4.20. The summed E-state index contributed by atoms with van der Waals surface area (Å²) >= 11 is 0. The van der Waals surface area contributed by atoms with Crippen molar-refractivity contribution in [1.82, 2.24) is 9.88 Å². The fourth-order valence-electron chi connectivity index (χ4n) is 1.96. The zero-order valence-electron chi connectivity index (χ0n) is 11.7. The van der Waals surface area contributed by atoms with Gasteiger partial charge in [0.2, 0.25) is 5.43 Å². The number of aromatic nitrogens is 1. The van der Waals surface area contributed by atoms with Crippen LogP contribution in [0.4, 0.5) is 0 Å². The first-order chi connectivity index (χ1) is 10.1. The quantitative estimate of drug-likeness (QED) is 0.846.